The van der Waals surface area contributed by atoms with Crippen LogP contribution in [0.25, 0.3) is 0 Å². The number of anilines is 1. The summed E-state index contributed by atoms with van der Waals surface area (Å²) in [6.45, 7) is 0.734. The number of amides is 1. The molecule has 82 valence electrons. The largest absolute Gasteiger partial charge is 0.370 e. The van der Waals surface area contributed by atoms with Crippen molar-refractivity contribution in [3.05, 3.63) is 17.5 Å². The molecule has 6 nitrogen and oxygen atoms in total. The van der Waals surface area contributed by atoms with Gasteiger partial charge in [-0.3, -0.25) is 4.79 Å². The summed E-state index contributed by atoms with van der Waals surface area (Å²) in [5, 5.41) is 3.20. The highest BCUT2D eigenvalue weighted by Gasteiger charge is 2.00. The zero-order valence-electron chi connectivity index (χ0n) is 7.94. The SMILES string of the molecule is NC(=O)COCCNc1nccnc1Cl. The van der Waals surface area contributed by atoms with Crippen molar-refractivity contribution in [1.29, 1.82) is 0 Å². The summed E-state index contributed by atoms with van der Waals surface area (Å²) in [5.41, 5.74) is 4.88. The molecular weight excluding hydrogens is 220 g/mol. The molecule has 0 saturated heterocycles. The van der Waals surface area contributed by atoms with Gasteiger partial charge in [0.05, 0.1) is 6.61 Å². The summed E-state index contributed by atoms with van der Waals surface area (Å²) in [6, 6.07) is 0. The Kier molecular flexibility index (Phi) is 4.79. The van der Waals surface area contributed by atoms with Crippen molar-refractivity contribution in [2.24, 2.45) is 5.73 Å². The van der Waals surface area contributed by atoms with E-state index in [0.29, 0.717) is 24.1 Å². The monoisotopic (exact) mass is 230 g/mol. The molecule has 0 radical (unpaired) electrons. The lowest BCUT2D eigenvalue weighted by atomic mass is 10.6. The second kappa shape index (κ2) is 6.15. The maximum Gasteiger partial charge on any atom is 0.243 e. The Balaban J connectivity index is 2.21. The molecule has 0 bridgehead atoms. The summed E-state index contributed by atoms with van der Waals surface area (Å²) >= 11 is 5.74. The van der Waals surface area contributed by atoms with Gasteiger partial charge in [0, 0.05) is 18.9 Å². The van der Waals surface area contributed by atoms with Crippen molar-refractivity contribution >= 4 is 23.3 Å². The summed E-state index contributed by atoms with van der Waals surface area (Å²) in [6.07, 6.45) is 3.02. The molecule has 15 heavy (non-hydrogen) atoms. The first-order valence-corrected chi connectivity index (χ1v) is 4.64. The van der Waals surface area contributed by atoms with E-state index >= 15 is 0 Å². The summed E-state index contributed by atoms with van der Waals surface area (Å²) in [4.78, 5) is 18.1. The number of rotatable bonds is 6. The normalized spacial score (nSPS) is 9.93. The molecule has 0 aliphatic carbocycles. The highest BCUT2D eigenvalue weighted by Crippen LogP contribution is 2.13. The maximum atomic E-state index is 10.3. The second-order valence-corrected chi connectivity index (χ2v) is 3.00. The van der Waals surface area contributed by atoms with E-state index in [-0.39, 0.29) is 6.61 Å². The molecule has 0 spiro atoms. The van der Waals surface area contributed by atoms with Crippen molar-refractivity contribution in [1.82, 2.24) is 9.97 Å². The fourth-order valence-corrected chi connectivity index (χ4v) is 1.03. The predicted octanol–water partition coefficient (Wildman–Crippen LogP) is 0.0438. The molecule has 0 aliphatic rings. The standard InChI is InChI=1S/C8H11ClN4O2/c9-7-8(12-2-1-11-7)13-3-4-15-5-6(10)14/h1-2H,3-5H2,(H2,10,14)(H,12,13). The number of primary amides is 1. The van der Waals surface area contributed by atoms with Crippen molar-refractivity contribution in [3.63, 3.8) is 0 Å². The predicted molar refractivity (Wildman–Crippen MR) is 55.5 cm³/mol. The van der Waals surface area contributed by atoms with Crippen LogP contribution in [-0.4, -0.2) is 35.6 Å². The Labute approximate surface area is 91.8 Å². The molecular formula is C8H11ClN4O2. The van der Waals surface area contributed by atoms with E-state index in [1.54, 1.807) is 0 Å². The third-order valence-corrected chi connectivity index (χ3v) is 1.71. The molecule has 0 saturated carbocycles. The zero-order chi connectivity index (χ0) is 11.1. The van der Waals surface area contributed by atoms with Crippen molar-refractivity contribution in [2.45, 2.75) is 0 Å². The highest BCUT2D eigenvalue weighted by atomic mass is 35.5. The quantitative estimate of drug-likeness (QED) is 0.674. The molecule has 1 aromatic rings. The Bertz CT molecular complexity index is 334. The lowest BCUT2D eigenvalue weighted by molar-refractivity contribution is -0.122. The van der Waals surface area contributed by atoms with Crippen LogP contribution in [0.4, 0.5) is 5.82 Å². The molecule has 0 atom stereocenters. The third-order valence-electron chi connectivity index (χ3n) is 1.44. The van der Waals surface area contributed by atoms with Gasteiger partial charge in [-0.05, 0) is 0 Å². The number of hydrogen-bond donors (Lipinski definition) is 2. The van der Waals surface area contributed by atoms with Crippen LogP contribution in [0.2, 0.25) is 5.15 Å². The number of carbonyl (C=O) groups excluding carboxylic acids is 1. The number of aromatic nitrogens is 2. The molecule has 0 fully saturated rings. The van der Waals surface area contributed by atoms with Gasteiger partial charge in [0.2, 0.25) is 5.91 Å². The van der Waals surface area contributed by atoms with E-state index in [1.165, 1.54) is 12.4 Å². The van der Waals surface area contributed by atoms with Crippen LogP contribution < -0.4 is 11.1 Å². The first-order chi connectivity index (χ1) is 7.20. The molecule has 7 heteroatoms. The number of nitrogens with one attached hydrogen (secondary N) is 1. The smallest absolute Gasteiger partial charge is 0.243 e. The lowest BCUT2D eigenvalue weighted by Gasteiger charge is -2.05. The summed E-state index contributed by atoms with van der Waals surface area (Å²) in [7, 11) is 0. The van der Waals surface area contributed by atoms with Gasteiger partial charge in [0.1, 0.15) is 6.61 Å². The Morgan fingerprint density at radius 2 is 2.27 bits per heavy atom. The molecule has 1 heterocycles. The summed E-state index contributed by atoms with van der Waals surface area (Å²) in [5.74, 6) is -0.00521. The molecule has 1 amide bonds. The zero-order valence-corrected chi connectivity index (χ0v) is 8.70. The number of hydrogen-bond acceptors (Lipinski definition) is 5. The van der Waals surface area contributed by atoms with Crippen LogP contribution in [0.15, 0.2) is 12.4 Å². The molecule has 1 aromatic heterocycles. The minimum Gasteiger partial charge on any atom is -0.370 e. The summed E-state index contributed by atoms with van der Waals surface area (Å²) < 4.78 is 4.93. The van der Waals surface area contributed by atoms with Crippen LogP contribution in [-0.2, 0) is 9.53 Å². The number of ether oxygens (including phenoxy) is 1. The van der Waals surface area contributed by atoms with Crippen molar-refractivity contribution < 1.29 is 9.53 Å². The molecule has 3 N–H and O–H groups in total. The first kappa shape index (κ1) is 11.7. The van der Waals surface area contributed by atoms with E-state index in [0.717, 1.165) is 0 Å². The van der Waals surface area contributed by atoms with Crippen LogP contribution in [0.3, 0.4) is 0 Å². The van der Waals surface area contributed by atoms with Gasteiger partial charge in [0.15, 0.2) is 11.0 Å². The Hall–Kier alpha value is -1.40. The average molecular weight is 231 g/mol. The number of halogens is 1. The van der Waals surface area contributed by atoms with Crippen LogP contribution >= 0.6 is 11.6 Å². The van der Waals surface area contributed by atoms with Gasteiger partial charge < -0.3 is 15.8 Å². The van der Waals surface area contributed by atoms with E-state index in [1.807, 2.05) is 0 Å². The van der Waals surface area contributed by atoms with Crippen LogP contribution in [0, 0.1) is 0 Å². The third kappa shape index (κ3) is 4.57. The van der Waals surface area contributed by atoms with Gasteiger partial charge in [-0.1, -0.05) is 11.6 Å². The van der Waals surface area contributed by atoms with E-state index < -0.39 is 5.91 Å². The van der Waals surface area contributed by atoms with Crippen LogP contribution in [0.5, 0.6) is 0 Å². The maximum absolute atomic E-state index is 10.3. The Morgan fingerprint density at radius 3 is 2.93 bits per heavy atom. The topological polar surface area (TPSA) is 90.1 Å². The number of carbonyl (C=O) groups is 1. The minimum absolute atomic E-state index is 0.0874. The highest BCUT2D eigenvalue weighted by molar-refractivity contribution is 6.31. The molecule has 0 unspecified atom stereocenters. The lowest BCUT2D eigenvalue weighted by Crippen LogP contribution is -2.20. The first-order valence-electron chi connectivity index (χ1n) is 4.26. The molecule has 0 aliphatic heterocycles. The molecule has 1 rings (SSSR count). The fraction of sp³-hybridized carbons (Fsp3) is 0.375. The van der Waals surface area contributed by atoms with Gasteiger partial charge >= 0.3 is 0 Å². The average Bonchev–Trinajstić information content (AvgIpc) is 2.20. The fourth-order valence-electron chi connectivity index (χ4n) is 0.854. The van der Waals surface area contributed by atoms with Gasteiger partial charge in [-0.2, -0.15) is 0 Å². The number of nitrogens with two attached hydrogens (primary N) is 1. The second-order valence-electron chi connectivity index (χ2n) is 2.64. The minimum atomic E-state index is -0.493. The van der Waals surface area contributed by atoms with E-state index in [9.17, 15) is 4.79 Å². The van der Waals surface area contributed by atoms with Crippen LogP contribution in [0.1, 0.15) is 0 Å². The van der Waals surface area contributed by atoms with Gasteiger partial charge in [-0.15, -0.1) is 0 Å². The van der Waals surface area contributed by atoms with Crippen molar-refractivity contribution in [2.75, 3.05) is 25.1 Å². The van der Waals surface area contributed by atoms with Gasteiger partial charge in [-0.25, -0.2) is 9.97 Å². The Morgan fingerprint density at radius 1 is 1.53 bits per heavy atom. The van der Waals surface area contributed by atoms with Gasteiger partial charge in [0.25, 0.3) is 0 Å². The van der Waals surface area contributed by atoms with E-state index in [2.05, 4.69) is 15.3 Å². The van der Waals surface area contributed by atoms with Crippen molar-refractivity contribution in [3.8, 4) is 0 Å². The number of nitrogens with zero attached hydrogens (tertiary/aromatic N) is 2. The molecule has 0 aromatic carbocycles. The van der Waals surface area contributed by atoms with E-state index in [4.69, 9.17) is 22.1 Å².